The van der Waals surface area contributed by atoms with E-state index in [1.807, 2.05) is 12.1 Å². The van der Waals surface area contributed by atoms with Crippen LogP contribution in [-0.2, 0) is 11.2 Å². The summed E-state index contributed by atoms with van der Waals surface area (Å²) < 4.78 is 0. The van der Waals surface area contributed by atoms with E-state index in [1.165, 1.54) is 0 Å². The van der Waals surface area contributed by atoms with E-state index < -0.39 is 11.4 Å². The van der Waals surface area contributed by atoms with Gasteiger partial charge in [0.1, 0.15) is 0 Å². The highest BCUT2D eigenvalue weighted by molar-refractivity contribution is 5.78. The van der Waals surface area contributed by atoms with Crippen molar-refractivity contribution < 1.29 is 14.7 Å². The van der Waals surface area contributed by atoms with Gasteiger partial charge in [0.15, 0.2) is 0 Å². The Kier molecular flexibility index (Phi) is 4.55. The minimum absolute atomic E-state index is 0.195. The van der Waals surface area contributed by atoms with Gasteiger partial charge in [-0.2, -0.15) is 0 Å². The molecule has 3 N–H and O–H groups in total. The zero-order chi connectivity index (χ0) is 14.4. The molecule has 108 valence electrons. The number of hydrogen-bond acceptors (Lipinski definition) is 3. The zero-order valence-corrected chi connectivity index (χ0v) is 11.3. The van der Waals surface area contributed by atoms with Gasteiger partial charge in [0.05, 0.1) is 5.41 Å². The van der Waals surface area contributed by atoms with Gasteiger partial charge in [0.25, 0.3) is 0 Å². The molecular formula is C14H19N3O3. The predicted octanol–water partition coefficient (Wildman–Crippen LogP) is 1.18. The van der Waals surface area contributed by atoms with E-state index in [0.29, 0.717) is 25.8 Å². The number of carboxylic acids is 1. The Morgan fingerprint density at radius 1 is 1.35 bits per heavy atom. The zero-order valence-electron chi connectivity index (χ0n) is 11.3. The summed E-state index contributed by atoms with van der Waals surface area (Å²) in [4.78, 5) is 26.7. The fraction of sp³-hybridized carbons (Fsp3) is 0.500. The minimum Gasteiger partial charge on any atom is -0.481 e. The third-order valence-corrected chi connectivity index (χ3v) is 3.77. The van der Waals surface area contributed by atoms with Crippen molar-refractivity contribution in [2.45, 2.75) is 25.7 Å². The molecule has 1 aliphatic carbocycles. The maximum absolute atomic E-state index is 11.6. The SMILES string of the molecule is O=C(NCCc1cccnc1)NCC1(C(=O)O)CCC1. The van der Waals surface area contributed by atoms with Crippen molar-refractivity contribution in [2.75, 3.05) is 13.1 Å². The summed E-state index contributed by atoms with van der Waals surface area (Å²) in [5.41, 5.74) is 0.300. The Bertz CT molecular complexity index is 472. The largest absolute Gasteiger partial charge is 0.481 e. The van der Waals surface area contributed by atoms with Crippen LogP contribution in [0.4, 0.5) is 4.79 Å². The Hall–Kier alpha value is -2.11. The number of nitrogens with one attached hydrogen (secondary N) is 2. The van der Waals surface area contributed by atoms with Crippen LogP contribution in [0.1, 0.15) is 24.8 Å². The molecule has 20 heavy (non-hydrogen) atoms. The van der Waals surface area contributed by atoms with Crippen LogP contribution in [0.5, 0.6) is 0 Å². The molecule has 0 spiro atoms. The second kappa shape index (κ2) is 6.36. The number of rotatable bonds is 6. The lowest BCUT2D eigenvalue weighted by atomic mass is 9.69. The molecule has 1 aliphatic rings. The molecule has 6 heteroatoms. The third-order valence-electron chi connectivity index (χ3n) is 3.77. The smallest absolute Gasteiger partial charge is 0.314 e. The fourth-order valence-electron chi connectivity index (χ4n) is 2.25. The number of pyridine rings is 1. The van der Waals surface area contributed by atoms with E-state index in [1.54, 1.807) is 12.4 Å². The number of urea groups is 1. The Morgan fingerprint density at radius 3 is 2.70 bits per heavy atom. The Labute approximate surface area is 117 Å². The van der Waals surface area contributed by atoms with E-state index in [4.69, 9.17) is 5.11 Å². The molecule has 0 saturated heterocycles. The molecular weight excluding hydrogens is 258 g/mol. The summed E-state index contributed by atoms with van der Waals surface area (Å²) in [7, 11) is 0. The topological polar surface area (TPSA) is 91.3 Å². The van der Waals surface area contributed by atoms with Crippen LogP contribution in [0.3, 0.4) is 0 Å². The van der Waals surface area contributed by atoms with Crippen LogP contribution < -0.4 is 10.6 Å². The second-order valence-electron chi connectivity index (χ2n) is 5.16. The maximum atomic E-state index is 11.6. The minimum atomic E-state index is -0.820. The summed E-state index contributed by atoms with van der Waals surface area (Å²) >= 11 is 0. The van der Waals surface area contributed by atoms with Crippen molar-refractivity contribution >= 4 is 12.0 Å². The number of aliphatic carboxylic acids is 1. The molecule has 0 aliphatic heterocycles. The monoisotopic (exact) mass is 277 g/mol. The molecule has 0 aromatic carbocycles. The first-order valence-electron chi connectivity index (χ1n) is 6.76. The summed E-state index contributed by atoms with van der Waals surface area (Å²) in [5.74, 6) is -0.820. The van der Waals surface area contributed by atoms with Crippen molar-refractivity contribution in [3.05, 3.63) is 30.1 Å². The van der Waals surface area contributed by atoms with Crippen LogP contribution in [0, 0.1) is 5.41 Å². The van der Waals surface area contributed by atoms with Crippen molar-refractivity contribution in [1.29, 1.82) is 0 Å². The van der Waals surface area contributed by atoms with Crippen LogP contribution in [0.2, 0.25) is 0 Å². The van der Waals surface area contributed by atoms with Crippen LogP contribution in [-0.4, -0.2) is 35.2 Å². The van der Waals surface area contributed by atoms with Gasteiger partial charge in [-0.05, 0) is 30.9 Å². The lowest BCUT2D eigenvalue weighted by Crippen LogP contribution is -2.49. The second-order valence-corrected chi connectivity index (χ2v) is 5.16. The molecule has 1 aromatic rings. The summed E-state index contributed by atoms with van der Waals surface area (Å²) in [5, 5.41) is 14.5. The molecule has 0 atom stereocenters. The molecule has 1 saturated carbocycles. The summed E-state index contributed by atoms with van der Waals surface area (Å²) in [6, 6.07) is 3.48. The summed E-state index contributed by atoms with van der Waals surface area (Å²) in [6.45, 7) is 0.693. The maximum Gasteiger partial charge on any atom is 0.314 e. The molecule has 6 nitrogen and oxygen atoms in total. The Balaban J connectivity index is 1.67. The molecule has 1 fully saturated rings. The molecule has 0 unspecified atom stereocenters. The van der Waals surface area contributed by atoms with Crippen molar-refractivity contribution in [2.24, 2.45) is 5.41 Å². The normalized spacial score (nSPS) is 16.0. The Morgan fingerprint density at radius 2 is 2.15 bits per heavy atom. The van der Waals surface area contributed by atoms with Crippen LogP contribution in [0.15, 0.2) is 24.5 Å². The van der Waals surface area contributed by atoms with E-state index in [9.17, 15) is 9.59 Å². The van der Waals surface area contributed by atoms with E-state index in [2.05, 4.69) is 15.6 Å². The van der Waals surface area contributed by atoms with Gasteiger partial charge in [0.2, 0.25) is 0 Å². The fourth-order valence-corrected chi connectivity index (χ4v) is 2.25. The lowest BCUT2D eigenvalue weighted by molar-refractivity contribution is -0.153. The first-order chi connectivity index (χ1) is 9.62. The van der Waals surface area contributed by atoms with Crippen molar-refractivity contribution in [3.8, 4) is 0 Å². The molecule has 1 heterocycles. The molecule has 2 amide bonds. The molecule has 0 radical (unpaired) electrons. The summed E-state index contributed by atoms with van der Waals surface area (Å²) in [6.07, 6.45) is 6.35. The van der Waals surface area contributed by atoms with E-state index in [-0.39, 0.29) is 12.6 Å². The van der Waals surface area contributed by atoms with Crippen molar-refractivity contribution in [1.82, 2.24) is 15.6 Å². The average Bonchev–Trinajstić information content (AvgIpc) is 2.38. The highest BCUT2D eigenvalue weighted by Gasteiger charge is 2.44. The van der Waals surface area contributed by atoms with Crippen LogP contribution >= 0.6 is 0 Å². The van der Waals surface area contributed by atoms with Crippen LogP contribution in [0.25, 0.3) is 0 Å². The van der Waals surface area contributed by atoms with E-state index in [0.717, 1.165) is 12.0 Å². The first-order valence-corrected chi connectivity index (χ1v) is 6.76. The van der Waals surface area contributed by atoms with Gasteiger partial charge in [-0.3, -0.25) is 9.78 Å². The quantitative estimate of drug-likeness (QED) is 0.728. The van der Waals surface area contributed by atoms with Gasteiger partial charge >= 0.3 is 12.0 Å². The van der Waals surface area contributed by atoms with Crippen molar-refractivity contribution in [3.63, 3.8) is 0 Å². The highest BCUT2D eigenvalue weighted by atomic mass is 16.4. The highest BCUT2D eigenvalue weighted by Crippen LogP contribution is 2.40. The average molecular weight is 277 g/mol. The number of carbonyl (C=O) groups is 2. The number of amides is 2. The number of hydrogen-bond donors (Lipinski definition) is 3. The number of carboxylic acid groups (broad SMARTS) is 1. The third kappa shape index (κ3) is 3.46. The molecule has 1 aromatic heterocycles. The number of carbonyl (C=O) groups excluding carboxylic acids is 1. The van der Waals surface area contributed by atoms with Gasteiger partial charge in [-0.25, -0.2) is 4.79 Å². The van der Waals surface area contributed by atoms with Gasteiger partial charge in [-0.15, -0.1) is 0 Å². The van der Waals surface area contributed by atoms with Gasteiger partial charge in [0, 0.05) is 25.5 Å². The number of nitrogens with zero attached hydrogens (tertiary/aromatic N) is 1. The first kappa shape index (κ1) is 14.3. The van der Waals surface area contributed by atoms with Gasteiger partial charge in [-0.1, -0.05) is 12.5 Å². The van der Waals surface area contributed by atoms with E-state index >= 15 is 0 Å². The predicted molar refractivity (Wildman–Crippen MR) is 73.3 cm³/mol. The molecule has 0 bridgehead atoms. The standard InChI is InChI=1S/C14H19N3O3/c18-12(19)14(5-2-6-14)10-17-13(20)16-8-4-11-3-1-7-15-9-11/h1,3,7,9H,2,4-6,8,10H2,(H,18,19)(H2,16,17,20). The number of aromatic nitrogens is 1. The molecule has 2 rings (SSSR count). The van der Waals surface area contributed by atoms with Gasteiger partial charge < -0.3 is 15.7 Å². The lowest BCUT2D eigenvalue weighted by Gasteiger charge is -2.37.